The Morgan fingerprint density at radius 3 is 2.45 bits per heavy atom. The first-order valence-corrected chi connectivity index (χ1v) is 11.1. The molecule has 2 bridgehead atoms. The largest absolute Gasteiger partial charge is 0.399 e. The van der Waals surface area contributed by atoms with Crippen LogP contribution < -0.4 is 0 Å². The monoisotopic (exact) mass is 457 g/mol. The lowest BCUT2D eigenvalue weighted by atomic mass is 9.83. The van der Waals surface area contributed by atoms with E-state index in [2.05, 4.69) is 19.0 Å². The standard InChI is InChI=1S/C25H31NO7/c1-15(2)20(26-31-3)18-9-7-16(8-10-18)11-17-5-4-6-19(12-17)25-23(30)21(28)22(29)24(13-27,33-25)14-32-25/h4-10,12,15,21-23,27-30H,11,13-14H2,1-3H3/b26-20+/t21-,22-,23+,24-,25-/m0/s1. The lowest BCUT2D eigenvalue weighted by Gasteiger charge is -2.45. The van der Waals surface area contributed by atoms with Gasteiger partial charge in [-0.2, -0.15) is 0 Å². The number of aliphatic hydroxyl groups excluding tert-OH is 4. The van der Waals surface area contributed by atoms with Gasteiger partial charge in [-0.1, -0.05) is 61.5 Å². The van der Waals surface area contributed by atoms with E-state index in [1.807, 2.05) is 42.5 Å². The first-order chi connectivity index (χ1) is 15.8. The molecule has 33 heavy (non-hydrogen) atoms. The van der Waals surface area contributed by atoms with E-state index >= 15 is 0 Å². The van der Waals surface area contributed by atoms with Crippen LogP contribution in [-0.4, -0.2) is 70.4 Å². The van der Waals surface area contributed by atoms with Crippen LogP contribution in [0.25, 0.3) is 0 Å². The van der Waals surface area contributed by atoms with Crippen LogP contribution in [0.2, 0.25) is 0 Å². The van der Waals surface area contributed by atoms with Crippen LogP contribution >= 0.6 is 0 Å². The van der Waals surface area contributed by atoms with Crippen molar-refractivity contribution in [1.82, 2.24) is 0 Å². The van der Waals surface area contributed by atoms with Crippen LogP contribution in [-0.2, 0) is 26.5 Å². The summed E-state index contributed by atoms with van der Waals surface area (Å²) in [6.07, 6.45) is -3.88. The van der Waals surface area contributed by atoms with Gasteiger partial charge in [0.2, 0.25) is 5.79 Å². The highest BCUT2D eigenvalue weighted by molar-refractivity contribution is 6.01. The van der Waals surface area contributed by atoms with Crippen molar-refractivity contribution in [2.75, 3.05) is 20.3 Å². The molecular formula is C25H31NO7. The lowest BCUT2D eigenvalue weighted by molar-refractivity contribution is -0.329. The van der Waals surface area contributed by atoms with Crippen LogP contribution in [0.5, 0.6) is 0 Å². The Morgan fingerprint density at radius 2 is 1.82 bits per heavy atom. The molecule has 2 aromatic carbocycles. The van der Waals surface area contributed by atoms with Crippen LogP contribution in [0, 0.1) is 5.92 Å². The third kappa shape index (κ3) is 4.07. The highest BCUT2D eigenvalue weighted by Gasteiger charge is 2.67. The summed E-state index contributed by atoms with van der Waals surface area (Å²) in [6.45, 7) is 3.43. The quantitative estimate of drug-likeness (QED) is 0.365. The minimum atomic E-state index is -1.66. The van der Waals surface area contributed by atoms with Gasteiger partial charge in [0.1, 0.15) is 31.0 Å². The zero-order valence-corrected chi connectivity index (χ0v) is 19.0. The number of aliphatic hydroxyl groups is 4. The number of hydrogen-bond donors (Lipinski definition) is 4. The SMILES string of the molecule is CO/N=C(/c1ccc(Cc2cccc([C@]34OC[C@](CO)(O3)[C@@H](O)[C@H](O)[C@H]4O)c2)cc1)C(C)C. The molecule has 8 nitrogen and oxygen atoms in total. The second-order valence-electron chi connectivity index (χ2n) is 9.05. The maximum atomic E-state index is 10.7. The molecule has 178 valence electrons. The first-order valence-electron chi connectivity index (χ1n) is 11.1. The van der Waals surface area contributed by atoms with Crippen molar-refractivity contribution in [2.45, 2.75) is 50.0 Å². The molecule has 0 aliphatic carbocycles. The molecule has 4 N–H and O–H groups in total. The molecule has 0 aromatic heterocycles. The fourth-order valence-corrected chi connectivity index (χ4v) is 4.59. The van der Waals surface area contributed by atoms with Crippen LogP contribution in [0.15, 0.2) is 53.7 Å². The smallest absolute Gasteiger partial charge is 0.225 e. The van der Waals surface area contributed by atoms with E-state index < -0.39 is 36.3 Å². The minimum absolute atomic E-state index is 0.147. The van der Waals surface area contributed by atoms with Crippen molar-refractivity contribution in [3.63, 3.8) is 0 Å². The Hall–Kier alpha value is -2.33. The number of benzene rings is 2. The van der Waals surface area contributed by atoms with E-state index in [0.717, 1.165) is 22.4 Å². The summed E-state index contributed by atoms with van der Waals surface area (Å²) in [5.41, 5.74) is 2.92. The van der Waals surface area contributed by atoms with Crippen LogP contribution in [0.3, 0.4) is 0 Å². The number of fused-ring (bicyclic) bond motifs is 2. The van der Waals surface area contributed by atoms with Crippen LogP contribution in [0.1, 0.15) is 36.1 Å². The molecule has 0 spiro atoms. The molecular weight excluding hydrogens is 426 g/mol. The molecule has 2 aliphatic rings. The average Bonchev–Trinajstić information content (AvgIpc) is 3.21. The van der Waals surface area contributed by atoms with Gasteiger partial charge in [0.25, 0.3) is 0 Å². The van der Waals surface area contributed by atoms with Crippen molar-refractivity contribution in [3.05, 3.63) is 70.8 Å². The molecule has 0 unspecified atom stereocenters. The average molecular weight is 458 g/mol. The van der Waals surface area contributed by atoms with E-state index in [0.29, 0.717) is 12.0 Å². The first kappa shape index (κ1) is 23.8. The summed E-state index contributed by atoms with van der Waals surface area (Å²) >= 11 is 0. The van der Waals surface area contributed by atoms with Crippen molar-refractivity contribution >= 4 is 5.71 Å². The second kappa shape index (κ2) is 9.13. The fraction of sp³-hybridized carbons (Fsp3) is 0.480. The molecule has 0 radical (unpaired) electrons. The van der Waals surface area contributed by atoms with E-state index in [4.69, 9.17) is 14.3 Å². The number of hydrogen-bond acceptors (Lipinski definition) is 8. The minimum Gasteiger partial charge on any atom is -0.399 e. The van der Waals surface area contributed by atoms with Gasteiger partial charge in [-0.3, -0.25) is 0 Å². The molecule has 4 rings (SSSR count). The van der Waals surface area contributed by atoms with Crippen molar-refractivity contribution in [2.24, 2.45) is 11.1 Å². The maximum Gasteiger partial charge on any atom is 0.225 e. The number of nitrogens with zero attached hydrogens (tertiary/aromatic N) is 1. The Bertz CT molecular complexity index is 1010. The maximum absolute atomic E-state index is 10.7. The lowest BCUT2D eigenvalue weighted by Crippen LogP contribution is -2.65. The number of ether oxygens (including phenoxy) is 2. The van der Waals surface area contributed by atoms with Gasteiger partial charge in [0.15, 0.2) is 0 Å². The third-order valence-corrected chi connectivity index (χ3v) is 6.45. The van der Waals surface area contributed by atoms with Gasteiger partial charge >= 0.3 is 0 Å². The Labute approximate surface area is 193 Å². The van der Waals surface area contributed by atoms with E-state index in [1.54, 1.807) is 6.07 Å². The number of oxime groups is 1. The summed E-state index contributed by atoms with van der Waals surface area (Å²) < 4.78 is 11.8. The van der Waals surface area contributed by atoms with E-state index in [9.17, 15) is 20.4 Å². The van der Waals surface area contributed by atoms with Crippen molar-refractivity contribution < 1.29 is 34.7 Å². The second-order valence-corrected chi connectivity index (χ2v) is 9.05. The van der Waals surface area contributed by atoms with Crippen molar-refractivity contribution in [3.8, 4) is 0 Å². The Kier molecular flexibility index (Phi) is 6.59. The zero-order valence-electron chi connectivity index (χ0n) is 19.0. The van der Waals surface area contributed by atoms with E-state index in [-0.39, 0.29) is 12.5 Å². The Balaban J connectivity index is 1.59. The number of rotatable bonds is 7. The highest BCUT2D eigenvalue weighted by Crippen LogP contribution is 2.49. The fourth-order valence-electron chi connectivity index (χ4n) is 4.59. The predicted molar refractivity (Wildman–Crippen MR) is 121 cm³/mol. The molecule has 0 saturated carbocycles. The summed E-state index contributed by atoms with van der Waals surface area (Å²) in [5.74, 6) is -1.44. The molecule has 2 saturated heterocycles. The van der Waals surface area contributed by atoms with Gasteiger partial charge in [0, 0.05) is 5.56 Å². The predicted octanol–water partition coefficient (Wildman–Crippen LogP) is 1.31. The normalized spacial score (nSPS) is 31.8. The molecule has 2 aromatic rings. The molecule has 5 atom stereocenters. The molecule has 2 aliphatic heterocycles. The van der Waals surface area contributed by atoms with Gasteiger partial charge in [-0.25, -0.2) is 0 Å². The summed E-state index contributed by atoms with van der Waals surface area (Å²) in [4.78, 5) is 4.97. The molecule has 2 heterocycles. The van der Waals surface area contributed by atoms with Gasteiger partial charge in [0.05, 0.1) is 18.9 Å². The molecule has 8 heteroatoms. The highest BCUT2D eigenvalue weighted by atomic mass is 16.8. The van der Waals surface area contributed by atoms with Gasteiger partial charge in [-0.15, -0.1) is 0 Å². The molecule has 0 amide bonds. The zero-order chi connectivity index (χ0) is 23.8. The van der Waals surface area contributed by atoms with Crippen molar-refractivity contribution in [1.29, 1.82) is 0 Å². The molecule has 2 fully saturated rings. The summed E-state index contributed by atoms with van der Waals surface area (Å²) in [6, 6.07) is 15.4. The van der Waals surface area contributed by atoms with Gasteiger partial charge in [-0.05, 0) is 35.1 Å². The van der Waals surface area contributed by atoms with Crippen LogP contribution in [0.4, 0.5) is 0 Å². The topological polar surface area (TPSA) is 121 Å². The Morgan fingerprint density at radius 1 is 1.09 bits per heavy atom. The third-order valence-electron chi connectivity index (χ3n) is 6.45. The summed E-state index contributed by atoms with van der Waals surface area (Å²) in [7, 11) is 1.54. The van der Waals surface area contributed by atoms with Gasteiger partial charge < -0.3 is 34.7 Å². The van der Waals surface area contributed by atoms with E-state index in [1.165, 1.54) is 7.11 Å². The summed E-state index contributed by atoms with van der Waals surface area (Å²) in [5, 5.41) is 45.4.